The third-order valence-corrected chi connectivity index (χ3v) is 5.51. The van der Waals surface area contributed by atoms with Crippen molar-refractivity contribution in [2.45, 2.75) is 38.1 Å². The van der Waals surface area contributed by atoms with Crippen molar-refractivity contribution in [3.05, 3.63) is 28.3 Å². The maximum atomic E-state index is 12.6. The van der Waals surface area contributed by atoms with Gasteiger partial charge in [0.25, 0.3) is 5.69 Å². The quantitative estimate of drug-likeness (QED) is 0.629. The van der Waals surface area contributed by atoms with Crippen molar-refractivity contribution >= 4 is 17.4 Å². The Morgan fingerprint density at radius 1 is 1.27 bits per heavy atom. The number of quaternary nitrogens is 1. The fourth-order valence-electron chi connectivity index (χ4n) is 4.01. The van der Waals surface area contributed by atoms with Crippen LogP contribution < -0.4 is 15.0 Å². The number of methoxy groups -OCH3 is 1. The molecule has 2 fully saturated rings. The van der Waals surface area contributed by atoms with Crippen molar-refractivity contribution in [2.75, 3.05) is 38.6 Å². The van der Waals surface area contributed by atoms with Crippen LogP contribution in [0.2, 0.25) is 0 Å². The molecule has 0 bridgehead atoms. The third-order valence-electron chi connectivity index (χ3n) is 5.51. The van der Waals surface area contributed by atoms with Crippen molar-refractivity contribution in [2.24, 2.45) is 0 Å². The van der Waals surface area contributed by atoms with Gasteiger partial charge in [-0.15, -0.1) is 0 Å². The van der Waals surface area contributed by atoms with Crippen LogP contribution in [0.4, 0.5) is 16.2 Å². The number of ether oxygens (including phenoxy) is 1. The number of nitro groups is 1. The number of benzene rings is 1. The van der Waals surface area contributed by atoms with Gasteiger partial charge >= 0.3 is 6.03 Å². The number of nitro benzene ring substituents is 1. The molecule has 8 nitrogen and oxygen atoms in total. The fraction of sp³-hybridized carbons (Fsp3) is 0.611. The molecule has 2 N–H and O–H groups in total. The number of piperazine rings is 1. The van der Waals surface area contributed by atoms with E-state index in [0.29, 0.717) is 11.4 Å². The molecule has 1 aliphatic carbocycles. The van der Waals surface area contributed by atoms with E-state index in [-0.39, 0.29) is 11.7 Å². The van der Waals surface area contributed by atoms with E-state index in [1.54, 1.807) is 4.90 Å². The molecule has 1 saturated heterocycles. The Balaban J connectivity index is 1.56. The molecular formula is C18H27N4O4+. The zero-order valence-electron chi connectivity index (χ0n) is 15.2. The molecule has 0 spiro atoms. The summed E-state index contributed by atoms with van der Waals surface area (Å²) in [6.07, 6.45) is 6.63. The number of anilines is 1. The summed E-state index contributed by atoms with van der Waals surface area (Å²) in [5.74, 6) is 0.291. The van der Waals surface area contributed by atoms with Crippen LogP contribution in [0.3, 0.4) is 0 Å². The second kappa shape index (κ2) is 8.35. The molecule has 8 heteroatoms. The Kier molecular flexibility index (Phi) is 5.92. The molecule has 1 aromatic carbocycles. The molecule has 2 aliphatic rings. The van der Waals surface area contributed by atoms with Crippen LogP contribution in [0.15, 0.2) is 18.2 Å². The van der Waals surface area contributed by atoms with Crippen LogP contribution in [0.5, 0.6) is 5.75 Å². The van der Waals surface area contributed by atoms with Crippen LogP contribution in [0.25, 0.3) is 0 Å². The molecule has 0 atom stereocenters. The molecule has 2 amide bonds. The number of nitrogens with one attached hydrogen (secondary N) is 2. The first kappa shape index (κ1) is 18.4. The van der Waals surface area contributed by atoms with Gasteiger partial charge in [-0.2, -0.15) is 0 Å². The molecule has 1 saturated carbocycles. The predicted octanol–water partition coefficient (Wildman–Crippen LogP) is 1.67. The average Bonchev–Trinajstić information content (AvgIpc) is 2.69. The van der Waals surface area contributed by atoms with Crippen LogP contribution in [-0.4, -0.2) is 55.2 Å². The van der Waals surface area contributed by atoms with Crippen LogP contribution in [0, 0.1) is 10.1 Å². The minimum absolute atomic E-state index is 0.0652. The summed E-state index contributed by atoms with van der Waals surface area (Å²) in [4.78, 5) is 26.4. The standard InChI is InChI=1S/C18H26N4O4/c1-26-17-13-15(22(24)25)7-8-16(17)19-18(23)21-11-9-20(10-12-21)14-5-3-2-4-6-14/h7-8,13-14H,2-6,9-12H2,1H3,(H,19,23)/p+1. The van der Waals surface area contributed by atoms with Gasteiger partial charge in [-0.05, 0) is 31.7 Å². The van der Waals surface area contributed by atoms with E-state index in [9.17, 15) is 14.9 Å². The molecule has 1 heterocycles. The number of rotatable bonds is 4. The number of nitrogens with zero attached hydrogens (tertiary/aromatic N) is 2. The molecule has 142 valence electrons. The van der Waals surface area contributed by atoms with Crippen molar-refractivity contribution in [3.63, 3.8) is 0 Å². The first-order valence-corrected chi connectivity index (χ1v) is 9.31. The van der Waals surface area contributed by atoms with Gasteiger partial charge in [0.05, 0.1) is 56.0 Å². The molecule has 0 aromatic heterocycles. The van der Waals surface area contributed by atoms with E-state index in [1.165, 1.54) is 57.4 Å². The highest BCUT2D eigenvalue weighted by Crippen LogP contribution is 2.29. The maximum Gasteiger partial charge on any atom is 0.322 e. The first-order valence-electron chi connectivity index (χ1n) is 9.31. The smallest absolute Gasteiger partial charge is 0.322 e. The normalized spacial score (nSPS) is 19.2. The SMILES string of the molecule is COc1cc([N+](=O)[O-])ccc1NC(=O)N1CC[NH+](C2CCCCC2)CC1. The molecule has 0 radical (unpaired) electrons. The largest absolute Gasteiger partial charge is 0.494 e. The van der Waals surface area contributed by atoms with Crippen LogP contribution in [0.1, 0.15) is 32.1 Å². The summed E-state index contributed by atoms with van der Waals surface area (Å²) in [6.45, 7) is 3.42. The van der Waals surface area contributed by atoms with E-state index >= 15 is 0 Å². The molecule has 0 unspecified atom stereocenters. The predicted molar refractivity (Wildman–Crippen MR) is 97.8 cm³/mol. The third kappa shape index (κ3) is 4.24. The lowest BCUT2D eigenvalue weighted by atomic mass is 9.94. The van der Waals surface area contributed by atoms with E-state index in [0.717, 1.165) is 32.2 Å². The molecular weight excluding hydrogens is 336 g/mol. The number of urea groups is 1. The zero-order valence-corrected chi connectivity index (χ0v) is 15.2. The number of carbonyl (C=O) groups excluding carboxylic acids is 1. The Hall–Kier alpha value is -2.35. The summed E-state index contributed by atoms with van der Waals surface area (Å²) in [5, 5.41) is 13.7. The molecule has 1 aromatic rings. The first-order chi connectivity index (χ1) is 12.6. The van der Waals surface area contributed by atoms with E-state index in [4.69, 9.17) is 4.74 Å². The highest BCUT2D eigenvalue weighted by atomic mass is 16.6. The summed E-state index contributed by atoms with van der Waals surface area (Å²) >= 11 is 0. The molecule has 1 aliphatic heterocycles. The number of amides is 2. The second-order valence-electron chi connectivity index (χ2n) is 7.05. The fourth-order valence-corrected chi connectivity index (χ4v) is 4.01. The average molecular weight is 363 g/mol. The number of hydrogen-bond donors (Lipinski definition) is 2. The van der Waals surface area contributed by atoms with Gasteiger partial charge in [-0.25, -0.2) is 4.79 Å². The van der Waals surface area contributed by atoms with Gasteiger partial charge in [0.15, 0.2) is 0 Å². The van der Waals surface area contributed by atoms with Crippen LogP contribution >= 0.6 is 0 Å². The summed E-state index contributed by atoms with van der Waals surface area (Å²) < 4.78 is 5.18. The highest BCUT2D eigenvalue weighted by Gasteiger charge is 2.30. The molecule has 26 heavy (non-hydrogen) atoms. The van der Waals surface area contributed by atoms with Crippen molar-refractivity contribution in [1.29, 1.82) is 0 Å². The van der Waals surface area contributed by atoms with Crippen molar-refractivity contribution in [1.82, 2.24) is 4.90 Å². The minimum Gasteiger partial charge on any atom is -0.494 e. The van der Waals surface area contributed by atoms with E-state index in [1.807, 2.05) is 4.90 Å². The van der Waals surface area contributed by atoms with Crippen LogP contribution in [-0.2, 0) is 0 Å². The summed E-state index contributed by atoms with van der Waals surface area (Å²) in [5.41, 5.74) is 0.384. The van der Waals surface area contributed by atoms with Gasteiger partial charge in [-0.1, -0.05) is 6.42 Å². The van der Waals surface area contributed by atoms with Gasteiger partial charge < -0.3 is 19.9 Å². The Morgan fingerprint density at radius 3 is 2.58 bits per heavy atom. The Morgan fingerprint density at radius 2 is 1.96 bits per heavy atom. The number of hydrogen-bond acceptors (Lipinski definition) is 4. The second-order valence-corrected chi connectivity index (χ2v) is 7.05. The minimum atomic E-state index is -0.485. The van der Waals surface area contributed by atoms with Crippen molar-refractivity contribution < 1.29 is 19.4 Å². The summed E-state index contributed by atoms with van der Waals surface area (Å²) in [6, 6.07) is 4.77. The number of carbonyl (C=O) groups is 1. The topological polar surface area (TPSA) is 89.1 Å². The van der Waals surface area contributed by atoms with Crippen molar-refractivity contribution in [3.8, 4) is 5.75 Å². The Labute approximate surface area is 153 Å². The maximum absolute atomic E-state index is 12.6. The zero-order chi connectivity index (χ0) is 18.5. The Bertz CT molecular complexity index is 653. The lowest BCUT2D eigenvalue weighted by Gasteiger charge is -2.38. The highest BCUT2D eigenvalue weighted by molar-refractivity contribution is 5.91. The summed E-state index contributed by atoms with van der Waals surface area (Å²) in [7, 11) is 1.43. The lowest BCUT2D eigenvalue weighted by Crippen LogP contribution is -3.18. The van der Waals surface area contributed by atoms with Gasteiger partial charge in [0, 0.05) is 6.07 Å². The van der Waals surface area contributed by atoms with Gasteiger partial charge in [0.2, 0.25) is 0 Å². The van der Waals surface area contributed by atoms with E-state index in [2.05, 4.69) is 5.32 Å². The lowest BCUT2D eigenvalue weighted by molar-refractivity contribution is -0.930. The van der Waals surface area contributed by atoms with Gasteiger partial charge in [-0.3, -0.25) is 10.1 Å². The van der Waals surface area contributed by atoms with Gasteiger partial charge in [0.1, 0.15) is 5.75 Å². The number of non-ortho nitro benzene ring substituents is 1. The molecule has 3 rings (SSSR count). The van der Waals surface area contributed by atoms with E-state index < -0.39 is 4.92 Å². The monoisotopic (exact) mass is 363 g/mol.